The first-order valence-electron chi connectivity index (χ1n) is 7.16. The number of hydrogen-bond acceptors (Lipinski definition) is 4. The van der Waals surface area contributed by atoms with Crippen LogP contribution in [-0.4, -0.2) is 24.9 Å². The fraction of sp³-hybridized carbons (Fsp3) is 0.667. The Hall–Kier alpha value is -0.940. The summed E-state index contributed by atoms with van der Waals surface area (Å²) in [6.45, 7) is 4.03. The lowest BCUT2D eigenvalue weighted by atomic mass is 9.82. The van der Waals surface area contributed by atoms with Crippen LogP contribution >= 0.6 is 0 Å². The van der Waals surface area contributed by atoms with Gasteiger partial charge in [0.1, 0.15) is 9.84 Å². The van der Waals surface area contributed by atoms with E-state index in [0.29, 0.717) is 6.42 Å². The van der Waals surface area contributed by atoms with E-state index >= 15 is 0 Å². The number of rotatable bonds is 3. The summed E-state index contributed by atoms with van der Waals surface area (Å²) >= 11 is 0. The zero-order chi connectivity index (χ0) is 14.9. The van der Waals surface area contributed by atoms with E-state index in [0.717, 1.165) is 36.1 Å². The molecule has 0 saturated heterocycles. The van der Waals surface area contributed by atoms with Crippen LogP contribution in [0.1, 0.15) is 48.5 Å². The van der Waals surface area contributed by atoms with Gasteiger partial charge in [-0.15, -0.1) is 0 Å². The van der Waals surface area contributed by atoms with Gasteiger partial charge in [-0.05, 0) is 50.2 Å². The van der Waals surface area contributed by atoms with Gasteiger partial charge in [-0.1, -0.05) is 12.5 Å². The Balaban J connectivity index is 2.18. The highest BCUT2D eigenvalue weighted by Gasteiger charge is 2.33. The van der Waals surface area contributed by atoms with Gasteiger partial charge >= 0.3 is 0 Å². The topological polar surface area (TPSA) is 73.0 Å². The van der Waals surface area contributed by atoms with E-state index in [4.69, 9.17) is 5.73 Å². The average Bonchev–Trinajstić information content (AvgIpc) is 2.37. The van der Waals surface area contributed by atoms with Gasteiger partial charge in [-0.2, -0.15) is 0 Å². The Morgan fingerprint density at radius 2 is 2.05 bits per heavy atom. The van der Waals surface area contributed by atoms with Crippen molar-refractivity contribution in [2.45, 2.75) is 50.8 Å². The van der Waals surface area contributed by atoms with Crippen molar-refractivity contribution >= 4 is 9.84 Å². The summed E-state index contributed by atoms with van der Waals surface area (Å²) in [6.07, 6.45) is 6.51. The third-order valence-corrected chi connectivity index (χ3v) is 5.99. The maximum atomic E-state index is 11.7. The number of hydrogen-bond donors (Lipinski definition) is 1. The standard InChI is InChI=1S/C15H24N2O2S/c1-10-7-11(2)15(17-9-10)14(16)12-5-4-6-13(8-12)20(3,18)19/h7,9,12-14H,4-6,8,16H2,1-3H3. The van der Waals surface area contributed by atoms with Crippen molar-refractivity contribution < 1.29 is 8.42 Å². The predicted octanol–water partition coefficient (Wildman–Crippen LogP) is 2.30. The maximum Gasteiger partial charge on any atom is 0.150 e. The normalized spacial score (nSPS) is 25.4. The monoisotopic (exact) mass is 296 g/mol. The summed E-state index contributed by atoms with van der Waals surface area (Å²) in [7, 11) is -2.97. The molecular formula is C15H24N2O2S. The SMILES string of the molecule is Cc1cnc(C(N)C2CCCC(S(C)(=O)=O)C2)c(C)c1. The first kappa shape index (κ1) is 15.4. The van der Waals surface area contributed by atoms with Crippen LogP contribution in [0.5, 0.6) is 0 Å². The van der Waals surface area contributed by atoms with Crippen LogP contribution in [0.4, 0.5) is 0 Å². The molecular weight excluding hydrogens is 272 g/mol. The smallest absolute Gasteiger partial charge is 0.150 e. The fourth-order valence-corrected chi connectivity index (χ4v) is 4.39. The summed E-state index contributed by atoms with van der Waals surface area (Å²) in [6, 6.07) is 1.92. The van der Waals surface area contributed by atoms with Crippen molar-refractivity contribution in [3.8, 4) is 0 Å². The molecule has 0 bridgehead atoms. The number of aryl methyl sites for hydroxylation is 2. The molecule has 1 aromatic rings. The molecule has 2 N–H and O–H groups in total. The van der Waals surface area contributed by atoms with Gasteiger partial charge in [0.15, 0.2) is 0 Å². The molecule has 3 atom stereocenters. The first-order chi connectivity index (χ1) is 9.29. The second-order valence-corrected chi connectivity index (χ2v) is 8.44. The second kappa shape index (κ2) is 5.82. The molecule has 0 radical (unpaired) electrons. The molecule has 20 heavy (non-hydrogen) atoms. The van der Waals surface area contributed by atoms with E-state index < -0.39 is 9.84 Å². The van der Waals surface area contributed by atoms with Gasteiger partial charge in [-0.25, -0.2) is 8.42 Å². The molecule has 0 aromatic carbocycles. The molecule has 1 saturated carbocycles. The van der Waals surface area contributed by atoms with Crippen molar-refractivity contribution in [3.63, 3.8) is 0 Å². The highest BCUT2D eigenvalue weighted by Crippen LogP contribution is 2.35. The summed E-state index contributed by atoms with van der Waals surface area (Å²) in [5.41, 5.74) is 9.50. The Bertz CT molecular complexity index is 584. The summed E-state index contributed by atoms with van der Waals surface area (Å²) in [4.78, 5) is 4.47. The van der Waals surface area contributed by atoms with Crippen molar-refractivity contribution in [1.82, 2.24) is 4.98 Å². The highest BCUT2D eigenvalue weighted by molar-refractivity contribution is 7.91. The molecule has 1 aliphatic rings. The lowest BCUT2D eigenvalue weighted by Crippen LogP contribution is -2.33. The van der Waals surface area contributed by atoms with E-state index in [1.54, 1.807) is 0 Å². The lowest BCUT2D eigenvalue weighted by Gasteiger charge is -2.32. The van der Waals surface area contributed by atoms with E-state index in [-0.39, 0.29) is 17.2 Å². The molecule has 4 nitrogen and oxygen atoms in total. The summed E-state index contributed by atoms with van der Waals surface area (Å²) in [5, 5.41) is -0.238. The van der Waals surface area contributed by atoms with Crippen molar-refractivity contribution in [2.24, 2.45) is 11.7 Å². The number of nitrogens with zero attached hydrogens (tertiary/aromatic N) is 1. The minimum atomic E-state index is -2.97. The van der Waals surface area contributed by atoms with E-state index in [2.05, 4.69) is 11.1 Å². The third kappa shape index (κ3) is 3.38. The zero-order valence-electron chi connectivity index (χ0n) is 12.5. The zero-order valence-corrected chi connectivity index (χ0v) is 13.3. The molecule has 3 unspecified atom stereocenters. The van der Waals surface area contributed by atoms with Gasteiger partial charge in [0.05, 0.1) is 17.0 Å². The Morgan fingerprint density at radius 1 is 1.35 bits per heavy atom. The molecule has 0 amide bonds. The number of nitrogens with two attached hydrogens (primary N) is 1. The summed E-state index contributed by atoms with van der Waals surface area (Å²) in [5.74, 6) is 0.206. The second-order valence-electron chi connectivity index (χ2n) is 6.12. The minimum absolute atomic E-state index is 0.167. The van der Waals surface area contributed by atoms with E-state index in [1.807, 2.05) is 20.0 Å². The van der Waals surface area contributed by atoms with Crippen LogP contribution < -0.4 is 5.73 Å². The van der Waals surface area contributed by atoms with Crippen molar-refractivity contribution in [1.29, 1.82) is 0 Å². The quantitative estimate of drug-likeness (QED) is 0.929. The van der Waals surface area contributed by atoms with Crippen molar-refractivity contribution in [2.75, 3.05) is 6.26 Å². The number of sulfone groups is 1. The van der Waals surface area contributed by atoms with Crippen LogP contribution in [0.2, 0.25) is 0 Å². The molecule has 1 fully saturated rings. The van der Waals surface area contributed by atoms with E-state index in [1.165, 1.54) is 6.26 Å². The molecule has 0 spiro atoms. The van der Waals surface area contributed by atoms with Gasteiger partial charge < -0.3 is 5.73 Å². The van der Waals surface area contributed by atoms with Crippen LogP contribution in [0.3, 0.4) is 0 Å². The van der Waals surface area contributed by atoms with Crippen LogP contribution in [-0.2, 0) is 9.84 Å². The minimum Gasteiger partial charge on any atom is -0.322 e. The Morgan fingerprint density at radius 3 is 2.65 bits per heavy atom. The molecule has 112 valence electrons. The number of aromatic nitrogens is 1. The fourth-order valence-electron chi connectivity index (χ4n) is 3.19. The largest absolute Gasteiger partial charge is 0.322 e. The van der Waals surface area contributed by atoms with E-state index in [9.17, 15) is 8.42 Å². The van der Waals surface area contributed by atoms with Gasteiger partial charge in [0.2, 0.25) is 0 Å². The van der Waals surface area contributed by atoms with Gasteiger partial charge in [0.25, 0.3) is 0 Å². The maximum absolute atomic E-state index is 11.7. The Labute approximate surface area is 121 Å². The summed E-state index contributed by atoms with van der Waals surface area (Å²) < 4.78 is 23.5. The van der Waals surface area contributed by atoms with Gasteiger partial charge in [0, 0.05) is 12.5 Å². The van der Waals surface area contributed by atoms with Crippen molar-refractivity contribution in [3.05, 3.63) is 29.1 Å². The Kier molecular flexibility index (Phi) is 4.49. The first-order valence-corrected chi connectivity index (χ1v) is 9.12. The molecule has 1 aliphatic carbocycles. The third-order valence-electron chi connectivity index (χ3n) is 4.35. The number of pyridine rings is 1. The molecule has 1 aromatic heterocycles. The molecule has 2 rings (SSSR count). The highest BCUT2D eigenvalue weighted by atomic mass is 32.2. The van der Waals surface area contributed by atoms with Crippen LogP contribution in [0.15, 0.2) is 12.3 Å². The van der Waals surface area contributed by atoms with Gasteiger partial charge in [-0.3, -0.25) is 4.98 Å². The molecule has 5 heteroatoms. The van der Waals surface area contributed by atoms with Crippen LogP contribution in [0.25, 0.3) is 0 Å². The lowest BCUT2D eigenvalue weighted by molar-refractivity contribution is 0.305. The molecule has 1 heterocycles. The molecule has 0 aliphatic heterocycles. The predicted molar refractivity (Wildman–Crippen MR) is 81.2 cm³/mol. The average molecular weight is 296 g/mol. The van der Waals surface area contributed by atoms with Crippen LogP contribution in [0, 0.1) is 19.8 Å².